The molecule has 0 saturated carbocycles. The Morgan fingerprint density at radius 2 is 1.50 bits per heavy atom. The Hall–Kier alpha value is -3.03. The van der Waals surface area contributed by atoms with Gasteiger partial charge in [0.1, 0.15) is 0 Å². The first-order chi connectivity index (χ1) is 21.3. The summed E-state index contributed by atoms with van der Waals surface area (Å²) < 4.78 is 75.5. The minimum atomic E-state index is -4.35. The molecule has 0 aliphatic carbocycles. The van der Waals surface area contributed by atoms with Gasteiger partial charge in [-0.15, -0.1) is 0 Å². The van der Waals surface area contributed by atoms with Gasteiger partial charge in [0.25, 0.3) is 5.52 Å². The maximum absolute atomic E-state index is 11.3. The topological polar surface area (TPSA) is 135 Å². The van der Waals surface area contributed by atoms with Gasteiger partial charge < -0.3 is 18.4 Å². The average Bonchev–Trinajstić information content (AvgIpc) is 3.43. The number of aromatic nitrogens is 1. The SMILES string of the molecule is CC1(C)C(=CC=CC=Cc2oc3ccc(-c4ccccc4)cc3[n+]2CCCS(=O)(=O)[O-])N(CCCS(=O)(=O)[O-])c2ccccc21.[Na+]. The number of hydrogen-bond donors (Lipinski definition) is 0. The molecule has 0 unspecified atom stereocenters. The van der Waals surface area contributed by atoms with E-state index in [-0.39, 0.29) is 54.4 Å². The molecular weight excluding hydrogens is 636 g/mol. The normalized spacial score (nSPS) is 15.7. The molecule has 0 bridgehead atoms. The molecule has 0 radical (unpaired) electrons. The summed E-state index contributed by atoms with van der Waals surface area (Å²) in [6.07, 6.45) is 9.67. The van der Waals surface area contributed by atoms with E-state index in [9.17, 15) is 25.9 Å². The van der Waals surface area contributed by atoms with Gasteiger partial charge in [-0.25, -0.2) is 16.8 Å². The molecule has 0 amide bonds. The minimum absolute atomic E-state index is 0. The number of anilines is 1. The van der Waals surface area contributed by atoms with E-state index in [2.05, 4.69) is 24.8 Å². The number of rotatable bonds is 12. The Morgan fingerprint density at radius 3 is 2.22 bits per heavy atom. The van der Waals surface area contributed by atoms with Crippen LogP contribution in [0.1, 0.15) is 38.1 Å². The smallest absolute Gasteiger partial charge is 0.748 e. The van der Waals surface area contributed by atoms with Crippen LogP contribution in [0.2, 0.25) is 0 Å². The first-order valence-electron chi connectivity index (χ1n) is 14.6. The predicted octanol–water partition coefficient (Wildman–Crippen LogP) is 2.51. The Bertz CT molecular complexity index is 2000. The summed E-state index contributed by atoms with van der Waals surface area (Å²) in [5.74, 6) is -0.398. The number of fused-ring (bicyclic) bond motifs is 2. The van der Waals surface area contributed by atoms with Crippen molar-refractivity contribution < 1.29 is 64.5 Å². The molecule has 0 fully saturated rings. The molecule has 12 heteroatoms. The number of hydrogen-bond acceptors (Lipinski definition) is 8. The van der Waals surface area contributed by atoms with Gasteiger partial charge in [-0.2, -0.15) is 4.57 Å². The largest absolute Gasteiger partial charge is 1.00 e. The molecular formula is C34H35N2NaO7S2. The molecule has 0 N–H and O–H groups in total. The fourth-order valence-corrected chi connectivity index (χ4v) is 6.76. The van der Waals surface area contributed by atoms with Gasteiger partial charge >= 0.3 is 35.4 Å². The second kappa shape index (κ2) is 14.8. The zero-order valence-corrected chi connectivity index (χ0v) is 29.8. The number of aryl methyl sites for hydroxylation is 1. The van der Waals surface area contributed by atoms with E-state index in [1.165, 1.54) is 0 Å². The number of oxazole rings is 1. The number of para-hydroxylation sites is 1. The molecule has 1 aliphatic rings. The average molecular weight is 671 g/mol. The Labute approximate surface area is 292 Å². The zero-order chi connectivity index (χ0) is 32.2. The summed E-state index contributed by atoms with van der Waals surface area (Å²) in [5.41, 5.74) is 6.15. The third kappa shape index (κ3) is 8.65. The van der Waals surface area contributed by atoms with Gasteiger partial charge in [-0.05, 0) is 41.3 Å². The van der Waals surface area contributed by atoms with Gasteiger partial charge in [0.2, 0.25) is 5.58 Å². The summed E-state index contributed by atoms with van der Waals surface area (Å²) in [6, 6.07) is 23.7. The molecule has 5 rings (SSSR count). The summed E-state index contributed by atoms with van der Waals surface area (Å²) in [4.78, 5) is 2.07. The Morgan fingerprint density at radius 1 is 0.826 bits per heavy atom. The van der Waals surface area contributed by atoms with E-state index in [1.54, 1.807) is 6.08 Å². The van der Waals surface area contributed by atoms with E-state index >= 15 is 0 Å². The van der Waals surface area contributed by atoms with Crippen molar-refractivity contribution in [1.82, 2.24) is 0 Å². The van der Waals surface area contributed by atoms with Crippen LogP contribution in [-0.2, 0) is 32.2 Å². The van der Waals surface area contributed by atoms with Gasteiger partial charge in [-0.1, -0.05) is 86.7 Å². The summed E-state index contributed by atoms with van der Waals surface area (Å²) in [5, 5.41) is 0. The van der Waals surface area contributed by atoms with E-state index in [0.29, 0.717) is 18.0 Å². The van der Waals surface area contributed by atoms with Crippen molar-refractivity contribution in [1.29, 1.82) is 0 Å². The van der Waals surface area contributed by atoms with Crippen molar-refractivity contribution in [2.24, 2.45) is 0 Å². The maximum atomic E-state index is 11.3. The molecule has 4 aromatic rings. The fraction of sp³-hybridized carbons (Fsp3) is 0.265. The van der Waals surface area contributed by atoms with Gasteiger partial charge in [-0.3, -0.25) is 0 Å². The van der Waals surface area contributed by atoms with Crippen molar-refractivity contribution in [3.8, 4) is 11.1 Å². The molecule has 236 valence electrons. The van der Waals surface area contributed by atoms with Crippen LogP contribution in [0.5, 0.6) is 0 Å². The summed E-state index contributed by atoms with van der Waals surface area (Å²) in [7, 11) is -8.66. The monoisotopic (exact) mass is 670 g/mol. The molecule has 3 aromatic carbocycles. The molecule has 1 aliphatic heterocycles. The zero-order valence-electron chi connectivity index (χ0n) is 26.1. The molecule has 2 heterocycles. The van der Waals surface area contributed by atoms with Crippen LogP contribution >= 0.6 is 0 Å². The molecule has 0 atom stereocenters. The summed E-state index contributed by atoms with van der Waals surface area (Å²) in [6.45, 7) is 4.88. The van der Waals surface area contributed by atoms with Crippen LogP contribution in [0.4, 0.5) is 5.69 Å². The van der Waals surface area contributed by atoms with Crippen LogP contribution in [0.3, 0.4) is 0 Å². The predicted molar refractivity (Wildman–Crippen MR) is 173 cm³/mol. The maximum Gasteiger partial charge on any atom is 1.00 e. The van der Waals surface area contributed by atoms with Crippen molar-refractivity contribution in [3.63, 3.8) is 0 Å². The molecule has 0 spiro atoms. The number of benzene rings is 3. The van der Waals surface area contributed by atoms with E-state index in [1.807, 2.05) is 95.6 Å². The number of allylic oxidation sites excluding steroid dienone is 5. The van der Waals surface area contributed by atoms with E-state index < -0.39 is 31.7 Å². The molecule has 0 saturated heterocycles. The van der Waals surface area contributed by atoms with Gasteiger partial charge in [0.15, 0.2) is 6.54 Å². The fourth-order valence-electron chi connectivity index (χ4n) is 5.80. The summed E-state index contributed by atoms with van der Waals surface area (Å²) >= 11 is 0. The van der Waals surface area contributed by atoms with Gasteiger partial charge in [0, 0.05) is 47.3 Å². The van der Waals surface area contributed by atoms with Crippen LogP contribution in [0, 0.1) is 0 Å². The Kier molecular flexibility index (Phi) is 11.5. The quantitative estimate of drug-likeness (QED) is 0.0972. The van der Waals surface area contributed by atoms with Crippen molar-refractivity contribution in [2.45, 2.75) is 38.6 Å². The molecule has 46 heavy (non-hydrogen) atoms. The third-order valence-corrected chi connectivity index (χ3v) is 9.48. The van der Waals surface area contributed by atoms with Crippen molar-refractivity contribution in [3.05, 3.63) is 114 Å². The van der Waals surface area contributed by atoms with Crippen molar-refractivity contribution in [2.75, 3.05) is 23.0 Å². The second-order valence-electron chi connectivity index (χ2n) is 11.5. The van der Waals surface area contributed by atoms with Crippen LogP contribution < -0.4 is 39.0 Å². The second-order valence-corrected chi connectivity index (χ2v) is 14.5. The van der Waals surface area contributed by atoms with Crippen LogP contribution in [-0.4, -0.2) is 44.0 Å². The minimum Gasteiger partial charge on any atom is -0.748 e. The third-order valence-electron chi connectivity index (χ3n) is 7.90. The first-order valence-corrected chi connectivity index (χ1v) is 17.8. The van der Waals surface area contributed by atoms with E-state index in [0.717, 1.165) is 33.6 Å². The van der Waals surface area contributed by atoms with Crippen LogP contribution in [0.15, 0.2) is 107 Å². The van der Waals surface area contributed by atoms with Crippen molar-refractivity contribution >= 4 is 43.1 Å². The first kappa shape index (κ1) is 35.8. The van der Waals surface area contributed by atoms with E-state index in [4.69, 9.17) is 4.42 Å². The molecule has 1 aromatic heterocycles. The van der Waals surface area contributed by atoms with Gasteiger partial charge in [0.05, 0.1) is 26.3 Å². The standard InChI is InChI=1S/C34H36N2O7S2.Na/c1-34(2)28-15-9-10-16-29(28)35(21-11-23-44(37,38)39)32(34)17-7-4-8-18-33-36(22-12-24-45(40,41)42)30-25-27(19-20-31(30)43-33)26-13-5-3-6-14-26;/h3-10,13-20,25H,11-12,21-24H2,1-2H3,(H-,37,38,39,40,41,42);/q;+1/p-1. The molecule has 9 nitrogen and oxygen atoms in total. The van der Waals surface area contributed by atoms with Crippen LogP contribution in [0.25, 0.3) is 28.3 Å². The number of nitrogens with zero attached hydrogens (tertiary/aromatic N) is 2. The Balaban J connectivity index is 0.00000480.